The van der Waals surface area contributed by atoms with E-state index >= 15 is 0 Å². The summed E-state index contributed by atoms with van der Waals surface area (Å²) >= 11 is 1.52. The predicted molar refractivity (Wildman–Crippen MR) is 66.6 cm³/mol. The number of nitrogens with zero attached hydrogens (tertiary/aromatic N) is 1. The van der Waals surface area contributed by atoms with Crippen LogP contribution in [0.1, 0.15) is 30.1 Å². The van der Waals surface area contributed by atoms with Gasteiger partial charge in [-0.2, -0.15) is 0 Å². The van der Waals surface area contributed by atoms with Crippen LogP contribution in [0.2, 0.25) is 0 Å². The molecule has 0 spiro atoms. The third-order valence-electron chi connectivity index (χ3n) is 2.81. The van der Waals surface area contributed by atoms with Gasteiger partial charge in [0.05, 0.1) is 12.3 Å². The Labute approximate surface area is 104 Å². The molecule has 0 aliphatic rings. The molecule has 0 fully saturated rings. The molecule has 0 aliphatic heterocycles. The number of hydrogen-bond donors (Lipinski definition) is 1. The summed E-state index contributed by atoms with van der Waals surface area (Å²) in [7, 11) is 0. The van der Waals surface area contributed by atoms with Gasteiger partial charge in [0.15, 0.2) is 0 Å². The van der Waals surface area contributed by atoms with Gasteiger partial charge in [-0.15, -0.1) is 11.3 Å². The third kappa shape index (κ3) is 2.37. The van der Waals surface area contributed by atoms with Crippen molar-refractivity contribution in [3.05, 3.63) is 51.7 Å². The number of benzene rings is 1. The quantitative estimate of drug-likeness (QED) is 0.909. The van der Waals surface area contributed by atoms with Crippen molar-refractivity contribution in [2.45, 2.75) is 25.9 Å². The maximum absolute atomic E-state index is 12.9. The van der Waals surface area contributed by atoms with E-state index in [-0.39, 0.29) is 17.8 Å². The summed E-state index contributed by atoms with van der Waals surface area (Å²) in [6.45, 7) is 4.04. The fourth-order valence-electron chi connectivity index (χ4n) is 1.66. The summed E-state index contributed by atoms with van der Waals surface area (Å²) in [5, 5.41) is 11.8. The first-order valence-electron chi connectivity index (χ1n) is 5.36. The normalized spacial score (nSPS) is 11.8. The van der Waals surface area contributed by atoms with Crippen LogP contribution in [0.5, 0.6) is 0 Å². The predicted octanol–water partition coefficient (Wildman–Crippen LogP) is 3.10. The lowest BCUT2D eigenvalue weighted by Crippen LogP contribution is -2.18. The molecule has 0 aliphatic carbocycles. The molecule has 2 nitrogen and oxygen atoms in total. The maximum atomic E-state index is 12.9. The Hall–Kier alpha value is -1.26. The largest absolute Gasteiger partial charge is 0.390 e. The van der Waals surface area contributed by atoms with E-state index in [0.29, 0.717) is 5.69 Å². The topological polar surface area (TPSA) is 33.1 Å². The summed E-state index contributed by atoms with van der Waals surface area (Å²) in [4.78, 5) is 4.37. The zero-order valence-corrected chi connectivity index (χ0v) is 10.6. The van der Waals surface area contributed by atoms with Crippen LogP contribution in [0.25, 0.3) is 0 Å². The van der Waals surface area contributed by atoms with Crippen molar-refractivity contribution in [2.24, 2.45) is 0 Å². The molecule has 1 heterocycles. The molecule has 2 rings (SSSR count). The number of halogens is 1. The summed E-state index contributed by atoms with van der Waals surface area (Å²) in [5.41, 5.74) is 1.42. The van der Waals surface area contributed by atoms with Crippen molar-refractivity contribution in [1.29, 1.82) is 0 Å². The average Bonchev–Trinajstić information content (AvgIpc) is 2.78. The van der Waals surface area contributed by atoms with Crippen LogP contribution < -0.4 is 0 Å². The van der Waals surface area contributed by atoms with Gasteiger partial charge in [-0.25, -0.2) is 9.37 Å². The highest BCUT2D eigenvalue weighted by atomic mass is 32.1. The second-order valence-electron chi connectivity index (χ2n) is 4.43. The van der Waals surface area contributed by atoms with Crippen molar-refractivity contribution >= 4 is 11.3 Å². The molecule has 1 N–H and O–H groups in total. The maximum Gasteiger partial charge on any atom is 0.123 e. The summed E-state index contributed by atoms with van der Waals surface area (Å²) in [6.07, 6.45) is 0. The molecule has 0 saturated heterocycles. The molecule has 17 heavy (non-hydrogen) atoms. The monoisotopic (exact) mass is 251 g/mol. The lowest BCUT2D eigenvalue weighted by molar-refractivity contribution is 0.277. The molecule has 2 aromatic rings. The molecule has 4 heteroatoms. The minimum Gasteiger partial charge on any atom is -0.390 e. The Morgan fingerprint density at radius 1 is 1.29 bits per heavy atom. The minimum atomic E-state index is -0.272. The van der Waals surface area contributed by atoms with Gasteiger partial charge in [-0.3, -0.25) is 0 Å². The molecule has 0 bridgehead atoms. The van der Waals surface area contributed by atoms with Gasteiger partial charge in [0.2, 0.25) is 0 Å². The molecular weight excluding hydrogens is 237 g/mol. The fourth-order valence-corrected chi connectivity index (χ4v) is 2.61. The van der Waals surface area contributed by atoms with Crippen LogP contribution in [0, 0.1) is 5.82 Å². The molecule has 0 unspecified atom stereocenters. The van der Waals surface area contributed by atoms with E-state index in [4.69, 9.17) is 5.11 Å². The Kier molecular flexibility index (Phi) is 3.26. The zero-order chi connectivity index (χ0) is 12.5. The number of aromatic nitrogens is 1. The van der Waals surface area contributed by atoms with Crippen LogP contribution in [0.4, 0.5) is 4.39 Å². The number of aliphatic hydroxyl groups excluding tert-OH is 1. The van der Waals surface area contributed by atoms with Crippen LogP contribution >= 0.6 is 11.3 Å². The lowest BCUT2D eigenvalue weighted by atomic mass is 9.85. The van der Waals surface area contributed by atoms with Gasteiger partial charge in [0, 0.05) is 10.8 Å². The molecule has 1 aromatic heterocycles. The van der Waals surface area contributed by atoms with Crippen LogP contribution in [0.3, 0.4) is 0 Å². The Morgan fingerprint density at radius 3 is 2.47 bits per heavy atom. The van der Waals surface area contributed by atoms with Crippen LogP contribution in [-0.2, 0) is 12.0 Å². The zero-order valence-electron chi connectivity index (χ0n) is 9.77. The molecule has 0 atom stereocenters. The number of hydrogen-bond acceptors (Lipinski definition) is 3. The Bertz CT molecular complexity index is 504. The fraction of sp³-hybridized carbons (Fsp3) is 0.308. The second kappa shape index (κ2) is 4.55. The van der Waals surface area contributed by atoms with E-state index in [0.717, 1.165) is 10.6 Å². The minimum absolute atomic E-state index is 0.0456. The highest BCUT2D eigenvalue weighted by molar-refractivity contribution is 7.09. The molecule has 90 valence electrons. The smallest absolute Gasteiger partial charge is 0.123 e. The van der Waals surface area contributed by atoms with Gasteiger partial charge >= 0.3 is 0 Å². The number of aliphatic hydroxyl groups is 1. The highest BCUT2D eigenvalue weighted by Gasteiger charge is 2.26. The SMILES string of the molecule is CC(C)(c1ccc(F)cc1)c1nc(CO)cs1. The third-order valence-corrected chi connectivity index (χ3v) is 4.03. The van der Waals surface area contributed by atoms with E-state index < -0.39 is 0 Å². The molecular formula is C13H14FNOS. The lowest BCUT2D eigenvalue weighted by Gasteiger charge is -2.22. The van der Waals surface area contributed by atoms with E-state index in [1.807, 2.05) is 19.2 Å². The van der Waals surface area contributed by atoms with E-state index in [9.17, 15) is 4.39 Å². The van der Waals surface area contributed by atoms with E-state index in [1.165, 1.54) is 23.5 Å². The van der Waals surface area contributed by atoms with Crippen molar-refractivity contribution in [3.8, 4) is 0 Å². The van der Waals surface area contributed by atoms with Crippen LogP contribution in [0.15, 0.2) is 29.6 Å². The standard InChI is InChI=1S/C13H14FNOS/c1-13(2,9-3-5-10(14)6-4-9)12-15-11(7-16)8-17-12/h3-6,8,16H,7H2,1-2H3. The summed E-state index contributed by atoms with van der Waals surface area (Å²) in [5.74, 6) is -0.236. The van der Waals surface area contributed by atoms with Crippen molar-refractivity contribution < 1.29 is 9.50 Å². The first-order valence-corrected chi connectivity index (χ1v) is 6.24. The van der Waals surface area contributed by atoms with Gasteiger partial charge in [0.25, 0.3) is 0 Å². The van der Waals surface area contributed by atoms with Gasteiger partial charge in [-0.1, -0.05) is 12.1 Å². The Morgan fingerprint density at radius 2 is 1.94 bits per heavy atom. The molecule has 0 saturated carbocycles. The highest BCUT2D eigenvalue weighted by Crippen LogP contribution is 2.33. The summed E-state index contributed by atoms with van der Waals surface area (Å²) < 4.78 is 12.9. The molecule has 1 aromatic carbocycles. The van der Waals surface area contributed by atoms with Crippen molar-refractivity contribution in [1.82, 2.24) is 4.98 Å². The average molecular weight is 251 g/mol. The van der Waals surface area contributed by atoms with Crippen LogP contribution in [-0.4, -0.2) is 10.1 Å². The van der Waals surface area contributed by atoms with Gasteiger partial charge in [-0.05, 0) is 31.5 Å². The Balaban J connectivity index is 2.37. The first kappa shape index (κ1) is 12.2. The van der Waals surface area contributed by atoms with Gasteiger partial charge < -0.3 is 5.11 Å². The number of thiazole rings is 1. The van der Waals surface area contributed by atoms with Gasteiger partial charge in [0.1, 0.15) is 10.8 Å². The van der Waals surface area contributed by atoms with Crippen molar-refractivity contribution in [2.75, 3.05) is 0 Å². The molecule has 0 amide bonds. The summed E-state index contributed by atoms with van der Waals surface area (Å²) in [6, 6.07) is 6.46. The molecule has 0 radical (unpaired) electrons. The van der Waals surface area contributed by atoms with E-state index in [2.05, 4.69) is 4.98 Å². The van der Waals surface area contributed by atoms with Crippen molar-refractivity contribution in [3.63, 3.8) is 0 Å². The second-order valence-corrected chi connectivity index (χ2v) is 5.29. The first-order chi connectivity index (χ1) is 8.04. The van der Waals surface area contributed by atoms with E-state index in [1.54, 1.807) is 12.1 Å². The number of rotatable bonds is 3.